The number of hydrogen-bond donors (Lipinski definition) is 3. The number of ether oxygens (including phenoxy) is 3. The highest BCUT2D eigenvalue weighted by Crippen LogP contribution is 2.18. The Morgan fingerprint density at radius 1 is 0.717 bits per heavy atom. The SMILES string of the molecule is C=CC(=O)NC(CCCCNC(=O)CC#CC#CCCC)C(=O)NCCCCC(C(=O)OC(C)(C)C)N(CC(=O)OC(C)(C)C)CC(=O)OC(C)(C)C. The zero-order valence-electron chi connectivity index (χ0n) is 33.8. The van der Waals surface area contributed by atoms with E-state index in [1.54, 1.807) is 62.3 Å². The predicted octanol–water partition coefficient (Wildman–Crippen LogP) is 4.12. The molecule has 0 spiro atoms. The molecule has 0 saturated heterocycles. The van der Waals surface area contributed by atoms with Gasteiger partial charge in [0.15, 0.2) is 0 Å². The van der Waals surface area contributed by atoms with Crippen molar-refractivity contribution in [3.8, 4) is 23.7 Å². The molecule has 0 aliphatic heterocycles. The van der Waals surface area contributed by atoms with Crippen LogP contribution in [0.1, 0.15) is 127 Å². The van der Waals surface area contributed by atoms with Gasteiger partial charge in [0.1, 0.15) is 28.9 Å². The molecule has 2 unspecified atom stereocenters. The molecule has 13 nitrogen and oxygen atoms in total. The number of rotatable bonds is 21. The zero-order valence-corrected chi connectivity index (χ0v) is 33.8. The van der Waals surface area contributed by atoms with E-state index in [2.05, 4.69) is 46.2 Å². The first-order valence-corrected chi connectivity index (χ1v) is 18.4. The van der Waals surface area contributed by atoms with E-state index >= 15 is 0 Å². The molecule has 0 radical (unpaired) electrons. The molecule has 3 amide bonds. The minimum Gasteiger partial charge on any atom is -0.459 e. The molecule has 0 saturated carbocycles. The number of carbonyl (C=O) groups is 6. The van der Waals surface area contributed by atoms with E-state index in [0.717, 1.165) is 18.9 Å². The molecule has 0 fully saturated rings. The molecule has 0 heterocycles. The van der Waals surface area contributed by atoms with Crippen LogP contribution in [0.25, 0.3) is 0 Å². The number of nitrogens with one attached hydrogen (secondary N) is 3. The molecule has 2 atom stereocenters. The molecule has 3 N–H and O–H groups in total. The molecule has 0 aromatic heterocycles. The molecule has 0 aromatic carbocycles. The first kappa shape index (κ1) is 48.6. The van der Waals surface area contributed by atoms with Gasteiger partial charge in [-0.15, -0.1) is 0 Å². The first-order chi connectivity index (χ1) is 24.6. The highest BCUT2D eigenvalue weighted by Gasteiger charge is 2.34. The van der Waals surface area contributed by atoms with Gasteiger partial charge in [0, 0.05) is 19.5 Å². The normalized spacial score (nSPS) is 12.4. The van der Waals surface area contributed by atoms with E-state index in [9.17, 15) is 28.8 Å². The Bertz CT molecular complexity index is 1320. The molecule has 0 bridgehead atoms. The number of esters is 3. The van der Waals surface area contributed by atoms with E-state index in [4.69, 9.17) is 14.2 Å². The topological polar surface area (TPSA) is 169 Å². The van der Waals surface area contributed by atoms with Gasteiger partial charge in [0.2, 0.25) is 17.7 Å². The lowest BCUT2D eigenvalue weighted by molar-refractivity contribution is -0.168. The number of carbonyl (C=O) groups excluding carboxylic acids is 6. The minimum absolute atomic E-state index is 0.0469. The van der Waals surface area contributed by atoms with Crippen LogP contribution in [0.15, 0.2) is 12.7 Å². The van der Waals surface area contributed by atoms with Crippen LogP contribution >= 0.6 is 0 Å². The summed E-state index contributed by atoms with van der Waals surface area (Å²) < 4.78 is 16.7. The second-order valence-corrected chi connectivity index (χ2v) is 15.6. The third-order valence-electron chi connectivity index (χ3n) is 6.75. The summed E-state index contributed by atoms with van der Waals surface area (Å²) in [5.74, 6) is 8.05. The molecule has 0 rings (SSSR count). The van der Waals surface area contributed by atoms with Crippen LogP contribution in [0.4, 0.5) is 0 Å². The predicted molar refractivity (Wildman–Crippen MR) is 204 cm³/mol. The Morgan fingerprint density at radius 2 is 1.23 bits per heavy atom. The van der Waals surface area contributed by atoms with E-state index in [0.29, 0.717) is 38.6 Å². The van der Waals surface area contributed by atoms with Crippen molar-refractivity contribution in [3.05, 3.63) is 12.7 Å². The summed E-state index contributed by atoms with van der Waals surface area (Å²) in [5, 5.41) is 8.27. The average molecular weight is 745 g/mol. The molecule has 0 aliphatic carbocycles. The molecular formula is C40H64N4O9. The van der Waals surface area contributed by atoms with E-state index in [1.807, 2.05) is 6.92 Å². The van der Waals surface area contributed by atoms with Crippen molar-refractivity contribution in [1.29, 1.82) is 0 Å². The minimum atomic E-state index is -0.989. The number of hydrogen-bond acceptors (Lipinski definition) is 10. The summed E-state index contributed by atoms with van der Waals surface area (Å²) in [4.78, 5) is 77.8. The molecule has 298 valence electrons. The van der Waals surface area contributed by atoms with Gasteiger partial charge >= 0.3 is 17.9 Å². The van der Waals surface area contributed by atoms with Crippen LogP contribution in [-0.4, -0.2) is 95.6 Å². The summed E-state index contributed by atoms with van der Waals surface area (Å²) in [6, 6.07) is -1.81. The molecule has 13 heteroatoms. The molecule has 0 aromatic rings. The van der Waals surface area contributed by atoms with Crippen LogP contribution in [0.3, 0.4) is 0 Å². The summed E-state index contributed by atoms with van der Waals surface area (Å²) in [7, 11) is 0. The van der Waals surface area contributed by atoms with Crippen LogP contribution < -0.4 is 16.0 Å². The first-order valence-electron chi connectivity index (χ1n) is 18.4. The van der Waals surface area contributed by atoms with Crippen molar-refractivity contribution in [3.63, 3.8) is 0 Å². The standard InChI is InChI=1S/C40H64N4O9/c1-12-14-15-16-17-18-25-33(46)41-26-21-19-23-30(43-32(45)13-2)36(49)42-27-22-20-24-31(37(50)53-40(9,10)11)44(28-34(47)51-38(3,4)5)29-35(48)52-39(6,7)8/h13,30-31H,2,12,14,19-29H2,1,3-11H3,(H,41,46)(H,42,49)(H,43,45). The summed E-state index contributed by atoms with van der Waals surface area (Å²) in [6.07, 6.45) is 5.38. The van der Waals surface area contributed by atoms with Gasteiger partial charge in [-0.3, -0.25) is 33.7 Å². The van der Waals surface area contributed by atoms with Gasteiger partial charge in [-0.1, -0.05) is 25.3 Å². The summed E-state index contributed by atoms with van der Waals surface area (Å²) in [5.41, 5.74) is -2.40. The van der Waals surface area contributed by atoms with Crippen LogP contribution in [-0.2, 0) is 43.0 Å². The Balaban J connectivity index is 5.45. The number of unbranched alkanes of at least 4 members (excludes halogenated alkanes) is 3. The van der Waals surface area contributed by atoms with E-state index in [1.165, 1.54) is 4.90 Å². The van der Waals surface area contributed by atoms with Crippen molar-refractivity contribution >= 4 is 35.6 Å². The van der Waals surface area contributed by atoms with Crippen molar-refractivity contribution in [1.82, 2.24) is 20.9 Å². The van der Waals surface area contributed by atoms with Crippen LogP contribution in [0.5, 0.6) is 0 Å². The fraction of sp³-hybridized carbons (Fsp3) is 0.700. The molecule has 0 aliphatic rings. The third kappa shape index (κ3) is 27.0. The van der Waals surface area contributed by atoms with Gasteiger partial charge in [0.05, 0.1) is 19.5 Å². The second kappa shape index (κ2) is 24.8. The summed E-state index contributed by atoms with van der Waals surface area (Å²) >= 11 is 0. The monoisotopic (exact) mass is 744 g/mol. The number of amides is 3. The van der Waals surface area contributed by atoms with E-state index in [-0.39, 0.29) is 44.3 Å². The highest BCUT2D eigenvalue weighted by atomic mass is 16.6. The smallest absolute Gasteiger partial charge is 0.323 e. The largest absolute Gasteiger partial charge is 0.459 e. The lowest BCUT2D eigenvalue weighted by atomic mass is 10.1. The third-order valence-corrected chi connectivity index (χ3v) is 6.75. The van der Waals surface area contributed by atoms with Crippen molar-refractivity contribution in [2.75, 3.05) is 26.2 Å². The van der Waals surface area contributed by atoms with Gasteiger partial charge in [-0.2, -0.15) is 0 Å². The average Bonchev–Trinajstić information content (AvgIpc) is 3.00. The maximum atomic E-state index is 13.5. The van der Waals surface area contributed by atoms with Gasteiger partial charge in [0.25, 0.3) is 0 Å². The highest BCUT2D eigenvalue weighted by molar-refractivity contribution is 5.92. The quantitative estimate of drug-likeness (QED) is 0.0511. The van der Waals surface area contributed by atoms with Crippen molar-refractivity contribution in [2.45, 2.75) is 156 Å². The van der Waals surface area contributed by atoms with Crippen molar-refractivity contribution < 1.29 is 43.0 Å². The Labute approximate surface area is 317 Å². The lowest BCUT2D eigenvalue weighted by Gasteiger charge is -2.33. The Hall–Kier alpha value is -4.36. The fourth-order valence-corrected chi connectivity index (χ4v) is 4.64. The van der Waals surface area contributed by atoms with Crippen molar-refractivity contribution in [2.24, 2.45) is 0 Å². The Morgan fingerprint density at radius 3 is 1.74 bits per heavy atom. The molecular weight excluding hydrogens is 680 g/mol. The molecule has 53 heavy (non-hydrogen) atoms. The number of nitrogens with zero attached hydrogens (tertiary/aromatic N) is 1. The second-order valence-electron chi connectivity index (χ2n) is 15.6. The van der Waals surface area contributed by atoms with Gasteiger partial charge in [-0.25, -0.2) is 0 Å². The zero-order chi connectivity index (χ0) is 40.7. The van der Waals surface area contributed by atoms with Gasteiger partial charge in [-0.05, 0) is 125 Å². The summed E-state index contributed by atoms with van der Waals surface area (Å²) in [6.45, 7) is 20.9. The maximum Gasteiger partial charge on any atom is 0.323 e. The van der Waals surface area contributed by atoms with Crippen LogP contribution in [0.2, 0.25) is 0 Å². The lowest BCUT2D eigenvalue weighted by Crippen LogP contribution is -2.50. The van der Waals surface area contributed by atoms with E-state index < -0.39 is 52.7 Å². The fourth-order valence-electron chi connectivity index (χ4n) is 4.64. The Kier molecular flexibility index (Phi) is 22.8. The maximum absolute atomic E-state index is 13.5. The van der Waals surface area contributed by atoms with Gasteiger partial charge < -0.3 is 30.2 Å². The van der Waals surface area contributed by atoms with Crippen LogP contribution in [0, 0.1) is 23.7 Å².